The normalized spacial score (nSPS) is 11.7. The Labute approximate surface area is 231 Å². The van der Waals surface area contributed by atoms with E-state index in [1.54, 1.807) is 17.8 Å². The molecule has 2 aromatic heterocycles. The van der Waals surface area contributed by atoms with Gasteiger partial charge in [-0.2, -0.15) is 5.10 Å². The van der Waals surface area contributed by atoms with Crippen molar-refractivity contribution in [2.75, 3.05) is 11.9 Å². The van der Waals surface area contributed by atoms with Gasteiger partial charge in [-0.25, -0.2) is 13.6 Å². The molecule has 0 radical (unpaired) electrons. The molecule has 0 bridgehead atoms. The first-order chi connectivity index (χ1) is 18.2. The number of aromatic nitrogens is 2. The van der Waals surface area contributed by atoms with Gasteiger partial charge < -0.3 is 15.4 Å². The Morgan fingerprint density at radius 1 is 1.08 bits per heavy atom. The van der Waals surface area contributed by atoms with Crippen LogP contribution in [0.4, 0.5) is 18.6 Å². The second kappa shape index (κ2) is 12.4. The third kappa shape index (κ3) is 6.89. The molecule has 0 saturated heterocycles. The van der Waals surface area contributed by atoms with Gasteiger partial charge in [0.2, 0.25) is 5.91 Å². The lowest BCUT2D eigenvalue weighted by Crippen LogP contribution is -2.37. The average Bonchev–Trinajstić information content (AvgIpc) is 3.42. The van der Waals surface area contributed by atoms with Crippen LogP contribution >= 0.6 is 34.5 Å². The second-order valence-corrected chi connectivity index (χ2v) is 10.4. The lowest BCUT2D eigenvalue weighted by Gasteiger charge is -2.17. The highest BCUT2D eigenvalue weighted by Gasteiger charge is 2.23. The van der Waals surface area contributed by atoms with Gasteiger partial charge in [-0.15, -0.1) is 11.3 Å². The first-order valence-corrected chi connectivity index (χ1v) is 12.9. The van der Waals surface area contributed by atoms with Crippen LogP contribution < -0.4 is 10.6 Å². The van der Waals surface area contributed by atoms with Crippen molar-refractivity contribution in [2.45, 2.75) is 13.0 Å². The number of amides is 2. The highest BCUT2D eigenvalue weighted by Crippen LogP contribution is 2.41. The lowest BCUT2D eigenvalue weighted by molar-refractivity contribution is -0.119. The number of halogens is 4. The molecule has 12 heteroatoms. The van der Waals surface area contributed by atoms with E-state index < -0.39 is 29.6 Å². The molecule has 2 heterocycles. The molecule has 38 heavy (non-hydrogen) atoms. The first-order valence-electron chi connectivity index (χ1n) is 11.4. The summed E-state index contributed by atoms with van der Waals surface area (Å²) in [7, 11) is 1.72. The number of carbonyl (C=O) groups excluding carboxylic acids is 2. The van der Waals surface area contributed by atoms with Crippen molar-refractivity contribution in [1.29, 1.82) is 0 Å². The van der Waals surface area contributed by atoms with E-state index in [-0.39, 0.29) is 19.6 Å². The zero-order valence-corrected chi connectivity index (χ0v) is 22.3. The number of hydrogen-bond donors (Lipinski definition) is 2. The smallest absolute Gasteiger partial charge is 0.407 e. The minimum Gasteiger partial charge on any atom is -0.445 e. The van der Waals surface area contributed by atoms with Crippen molar-refractivity contribution in [3.05, 3.63) is 92.9 Å². The molecule has 7 nitrogen and oxygen atoms in total. The van der Waals surface area contributed by atoms with E-state index in [1.807, 2.05) is 30.3 Å². The summed E-state index contributed by atoms with van der Waals surface area (Å²) in [6, 6.07) is 14.2. The standard InChI is InChI=1S/C26H22Cl2F2N4O3S/c1-34-23(19(27)13-32-34)18-11-22(38-24(18)28)33-25(35)17(9-16-7-8-20(29)21(30)10-16)12-31-26(36)37-14-15-5-3-2-4-6-15/h2-8,10-11,13,17H,9,12,14H2,1H3,(H,31,36)(H,33,35). The molecule has 0 spiro atoms. The third-order valence-corrected chi connectivity index (χ3v) is 7.18. The highest BCUT2D eigenvalue weighted by atomic mass is 35.5. The molecule has 4 aromatic rings. The van der Waals surface area contributed by atoms with Gasteiger partial charge in [0, 0.05) is 19.2 Å². The van der Waals surface area contributed by atoms with Gasteiger partial charge in [-0.05, 0) is 35.7 Å². The molecule has 0 fully saturated rings. The Bertz CT molecular complexity index is 1430. The topological polar surface area (TPSA) is 85.3 Å². The van der Waals surface area contributed by atoms with Crippen LogP contribution in [0.5, 0.6) is 0 Å². The predicted octanol–water partition coefficient (Wildman–Crippen LogP) is 6.46. The quantitative estimate of drug-likeness (QED) is 0.239. The number of carbonyl (C=O) groups is 2. The second-order valence-electron chi connectivity index (χ2n) is 8.34. The van der Waals surface area contributed by atoms with Crippen molar-refractivity contribution in [3.63, 3.8) is 0 Å². The summed E-state index contributed by atoms with van der Waals surface area (Å²) in [4.78, 5) is 25.5. The fraction of sp³-hybridized carbons (Fsp3) is 0.192. The van der Waals surface area contributed by atoms with Crippen LogP contribution in [0.15, 0.2) is 60.8 Å². The van der Waals surface area contributed by atoms with Gasteiger partial charge in [0.1, 0.15) is 10.9 Å². The maximum Gasteiger partial charge on any atom is 0.407 e. The Kier molecular flexibility index (Phi) is 8.98. The van der Waals surface area contributed by atoms with E-state index in [0.29, 0.717) is 31.2 Å². The molecule has 1 unspecified atom stereocenters. The average molecular weight is 579 g/mol. The van der Waals surface area contributed by atoms with E-state index in [1.165, 1.54) is 12.3 Å². The molecule has 2 amide bonds. The monoisotopic (exact) mass is 578 g/mol. The predicted molar refractivity (Wildman–Crippen MR) is 143 cm³/mol. The van der Waals surface area contributed by atoms with Crippen LogP contribution in [-0.4, -0.2) is 28.3 Å². The number of nitrogens with zero attached hydrogens (tertiary/aromatic N) is 2. The number of benzene rings is 2. The molecular weight excluding hydrogens is 557 g/mol. The summed E-state index contributed by atoms with van der Waals surface area (Å²) >= 11 is 13.8. The summed E-state index contributed by atoms with van der Waals surface area (Å²) < 4.78 is 34.4. The number of alkyl carbamates (subject to hydrolysis) is 1. The van der Waals surface area contributed by atoms with E-state index in [9.17, 15) is 18.4 Å². The number of ether oxygens (including phenoxy) is 1. The van der Waals surface area contributed by atoms with Crippen molar-refractivity contribution in [1.82, 2.24) is 15.1 Å². The van der Waals surface area contributed by atoms with Gasteiger partial charge in [0.15, 0.2) is 11.6 Å². The number of hydrogen-bond acceptors (Lipinski definition) is 5. The van der Waals surface area contributed by atoms with Crippen molar-refractivity contribution >= 4 is 51.5 Å². The maximum absolute atomic E-state index is 13.8. The summed E-state index contributed by atoms with van der Waals surface area (Å²) in [6.45, 7) is -0.0578. The van der Waals surface area contributed by atoms with Gasteiger partial charge in [0.05, 0.1) is 27.8 Å². The van der Waals surface area contributed by atoms with Crippen LogP contribution in [0, 0.1) is 17.6 Å². The molecule has 198 valence electrons. The van der Waals surface area contributed by atoms with E-state index in [4.69, 9.17) is 27.9 Å². The van der Waals surface area contributed by atoms with E-state index >= 15 is 0 Å². The largest absolute Gasteiger partial charge is 0.445 e. The van der Waals surface area contributed by atoms with Crippen LogP contribution in [0.25, 0.3) is 11.3 Å². The number of aryl methyl sites for hydroxylation is 1. The molecule has 2 N–H and O–H groups in total. The summed E-state index contributed by atoms with van der Waals surface area (Å²) in [6.07, 6.45) is 0.801. The summed E-state index contributed by atoms with van der Waals surface area (Å²) in [5.74, 6) is -3.32. The first kappa shape index (κ1) is 27.6. The number of nitrogens with one attached hydrogen (secondary N) is 2. The number of thiophene rings is 1. The Morgan fingerprint density at radius 3 is 2.53 bits per heavy atom. The molecule has 0 aliphatic carbocycles. The van der Waals surface area contributed by atoms with Crippen LogP contribution in [0.3, 0.4) is 0 Å². The van der Waals surface area contributed by atoms with E-state index in [0.717, 1.165) is 29.0 Å². The minimum atomic E-state index is -1.03. The molecule has 0 saturated carbocycles. The van der Waals surface area contributed by atoms with Gasteiger partial charge in [-0.1, -0.05) is 59.6 Å². The van der Waals surface area contributed by atoms with Crippen LogP contribution in [0.2, 0.25) is 9.36 Å². The van der Waals surface area contributed by atoms with Gasteiger partial charge >= 0.3 is 6.09 Å². The highest BCUT2D eigenvalue weighted by molar-refractivity contribution is 7.20. The Morgan fingerprint density at radius 2 is 1.84 bits per heavy atom. The van der Waals surface area contributed by atoms with Gasteiger partial charge in [-0.3, -0.25) is 9.48 Å². The van der Waals surface area contributed by atoms with Gasteiger partial charge in [0.25, 0.3) is 0 Å². The minimum absolute atomic E-state index is 0.0293. The number of anilines is 1. The molecule has 4 rings (SSSR count). The fourth-order valence-corrected chi connectivity index (χ4v) is 5.17. The summed E-state index contributed by atoms with van der Waals surface area (Å²) in [5, 5.41) is 10.3. The van der Waals surface area contributed by atoms with Crippen LogP contribution in [-0.2, 0) is 29.6 Å². The summed E-state index contributed by atoms with van der Waals surface area (Å²) in [5.41, 5.74) is 2.37. The SMILES string of the molecule is Cn1ncc(Cl)c1-c1cc(NC(=O)C(CNC(=O)OCc2ccccc2)Cc2ccc(F)c(F)c2)sc1Cl. The number of rotatable bonds is 9. The van der Waals surface area contributed by atoms with E-state index in [2.05, 4.69) is 15.7 Å². The molecule has 0 aliphatic rings. The van der Waals surface area contributed by atoms with Crippen molar-refractivity contribution in [2.24, 2.45) is 13.0 Å². The zero-order valence-electron chi connectivity index (χ0n) is 20.0. The maximum atomic E-state index is 13.8. The van der Waals surface area contributed by atoms with Crippen LogP contribution in [0.1, 0.15) is 11.1 Å². The lowest BCUT2D eigenvalue weighted by atomic mass is 9.98. The Balaban J connectivity index is 1.47. The Hall–Kier alpha value is -3.47. The molecule has 1 atom stereocenters. The zero-order chi connectivity index (χ0) is 27.2. The van der Waals surface area contributed by atoms with Crippen molar-refractivity contribution < 1.29 is 23.1 Å². The molecule has 2 aromatic carbocycles. The third-order valence-electron chi connectivity index (χ3n) is 5.62. The molecule has 0 aliphatic heterocycles. The van der Waals surface area contributed by atoms with Crippen molar-refractivity contribution in [3.8, 4) is 11.3 Å². The fourth-order valence-electron chi connectivity index (χ4n) is 3.72. The molecular formula is C26H22Cl2F2N4O3S.